The van der Waals surface area contributed by atoms with E-state index in [0.29, 0.717) is 27.0 Å². The van der Waals surface area contributed by atoms with Crippen LogP contribution in [0.4, 0.5) is 0 Å². The first-order valence-corrected chi connectivity index (χ1v) is 8.11. The van der Waals surface area contributed by atoms with Gasteiger partial charge >= 0.3 is 0 Å². The fourth-order valence-corrected chi connectivity index (χ4v) is 2.43. The van der Waals surface area contributed by atoms with Gasteiger partial charge in [0, 0.05) is 16.1 Å². The molecule has 3 rings (SSSR count). The maximum absolute atomic E-state index is 11.9. The van der Waals surface area contributed by atoms with Crippen LogP contribution in [0.3, 0.4) is 0 Å². The molecule has 2 aromatic carbocycles. The SMILES string of the molecule is O=C(Cn1nnc(-c2ccccc2Cl)n1)N/N=C/c1cc(Cl)ccc1O. The third-order valence-electron chi connectivity index (χ3n) is 3.24. The van der Waals surface area contributed by atoms with Gasteiger partial charge in [0.25, 0.3) is 5.91 Å². The van der Waals surface area contributed by atoms with Crippen LogP contribution in [0.15, 0.2) is 47.6 Å². The van der Waals surface area contributed by atoms with Crippen LogP contribution in [0, 0.1) is 0 Å². The zero-order valence-corrected chi connectivity index (χ0v) is 14.7. The predicted molar refractivity (Wildman–Crippen MR) is 97.1 cm³/mol. The van der Waals surface area contributed by atoms with Crippen molar-refractivity contribution in [3.63, 3.8) is 0 Å². The first kappa shape index (κ1) is 17.8. The Hall–Kier alpha value is -2.97. The number of nitrogens with one attached hydrogen (secondary N) is 1. The van der Waals surface area contributed by atoms with E-state index in [1.807, 2.05) is 0 Å². The molecule has 1 aromatic heterocycles. The minimum absolute atomic E-state index is 0.00489. The van der Waals surface area contributed by atoms with Gasteiger partial charge < -0.3 is 5.11 Å². The molecule has 0 saturated carbocycles. The fraction of sp³-hybridized carbons (Fsp3) is 0.0625. The topological polar surface area (TPSA) is 105 Å². The lowest BCUT2D eigenvalue weighted by molar-refractivity contribution is -0.122. The van der Waals surface area contributed by atoms with Gasteiger partial charge in [0.05, 0.1) is 11.2 Å². The van der Waals surface area contributed by atoms with E-state index in [4.69, 9.17) is 23.2 Å². The first-order chi connectivity index (χ1) is 12.5. The summed E-state index contributed by atoms with van der Waals surface area (Å²) in [6.45, 7) is -0.184. The van der Waals surface area contributed by atoms with E-state index in [1.165, 1.54) is 18.3 Å². The van der Waals surface area contributed by atoms with Crippen molar-refractivity contribution in [2.45, 2.75) is 6.54 Å². The largest absolute Gasteiger partial charge is 0.507 e. The Kier molecular flexibility index (Phi) is 5.45. The number of rotatable bonds is 5. The number of benzene rings is 2. The molecule has 26 heavy (non-hydrogen) atoms. The molecular weight excluding hydrogens is 379 g/mol. The molecule has 2 N–H and O–H groups in total. The highest BCUT2D eigenvalue weighted by molar-refractivity contribution is 6.33. The van der Waals surface area contributed by atoms with Gasteiger partial charge in [-0.2, -0.15) is 9.90 Å². The number of carbonyl (C=O) groups excluding carboxylic acids is 1. The number of hydrazone groups is 1. The highest BCUT2D eigenvalue weighted by Crippen LogP contribution is 2.23. The Bertz CT molecular complexity index is 973. The normalized spacial score (nSPS) is 11.0. The molecule has 8 nitrogen and oxygen atoms in total. The Morgan fingerprint density at radius 2 is 2.08 bits per heavy atom. The molecule has 0 fully saturated rings. The Morgan fingerprint density at radius 1 is 1.27 bits per heavy atom. The van der Waals surface area contributed by atoms with Crippen molar-refractivity contribution >= 4 is 35.3 Å². The van der Waals surface area contributed by atoms with Crippen molar-refractivity contribution in [2.75, 3.05) is 0 Å². The molecule has 0 aliphatic rings. The van der Waals surface area contributed by atoms with Crippen molar-refractivity contribution in [3.8, 4) is 17.1 Å². The van der Waals surface area contributed by atoms with Crippen LogP contribution in [-0.2, 0) is 11.3 Å². The molecule has 3 aromatic rings. The quantitative estimate of drug-likeness (QED) is 0.514. The summed E-state index contributed by atoms with van der Waals surface area (Å²) in [5.41, 5.74) is 3.30. The number of aromatic nitrogens is 4. The van der Waals surface area contributed by atoms with Crippen LogP contribution >= 0.6 is 23.2 Å². The molecule has 1 heterocycles. The van der Waals surface area contributed by atoms with Crippen LogP contribution in [0.1, 0.15) is 5.56 Å². The average molecular weight is 391 g/mol. The maximum atomic E-state index is 11.9. The molecule has 0 aliphatic carbocycles. The molecule has 0 radical (unpaired) electrons. The number of nitrogens with zero attached hydrogens (tertiary/aromatic N) is 5. The minimum Gasteiger partial charge on any atom is -0.507 e. The van der Waals surface area contributed by atoms with Gasteiger partial charge in [-0.15, -0.1) is 10.2 Å². The van der Waals surface area contributed by atoms with E-state index in [1.54, 1.807) is 30.3 Å². The zero-order valence-electron chi connectivity index (χ0n) is 13.2. The summed E-state index contributed by atoms with van der Waals surface area (Å²) in [6, 6.07) is 11.5. The van der Waals surface area contributed by atoms with Crippen LogP contribution < -0.4 is 5.43 Å². The predicted octanol–water partition coefficient (Wildman–Crippen LogP) is 2.50. The first-order valence-electron chi connectivity index (χ1n) is 7.36. The molecular formula is C16H12Cl2N6O2. The lowest BCUT2D eigenvalue weighted by atomic mass is 10.2. The second-order valence-electron chi connectivity index (χ2n) is 5.12. The van der Waals surface area contributed by atoms with Gasteiger partial charge in [-0.25, -0.2) is 5.43 Å². The van der Waals surface area contributed by atoms with E-state index >= 15 is 0 Å². The molecule has 0 aliphatic heterocycles. The molecule has 0 bridgehead atoms. The summed E-state index contributed by atoms with van der Waals surface area (Å²) < 4.78 is 0. The number of hydrogen-bond donors (Lipinski definition) is 2. The van der Waals surface area contributed by atoms with Gasteiger partial charge in [0.2, 0.25) is 5.82 Å². The van der Waals surface area contributed by atoms with Gasteiger partial charge in [-0.3, -0.25) is 4.79 Å². The van der Waals surface area contributed by atoms with Crippen molar-refractivity contribution in [2.24, 2.45) is 5.10 Å². The Balaban J connectivity index is 1.61. The van der Waals surface area contributed by atoms with Gasteiger partial charge in [-0.1, -0.05) is 35.3 Å². The van der Waals surface area contributed by atoms with Crippen LogP contribution in [-0.4, -0.2) is 37.4 Å². The van der Waals surface area contributed by atoms with Gasteiger partial charge in [-0.05, 0) is 35.5 Å². The average Bonchev–Trinajstić information content (AvgIpc) is 3.06. The number of phenols is 1. The molecule has 10 heteroatoms. The summed E-state index contributed by atoms with van der Waals surface area (Å²) in [6.07, 6.45) is 1.28. The lowest BCUT2D eigenvalue weighted by Crippen LogP contribution is -2.24. The van der Waals surface area contributed by atoms with Crippen molar-refractivity contribution < 1.29 is 9.90 Å². The number of halogens is 2. The summed E-state index contributed by atoms with van der Waals surface area (Å²) in [5, 5.41) is 26.2. The summed E-state index contributed by atoms with van der Waals surface area (Å²) in [4.78, 5) is 13.0. The smallest absolute Gasteiger partial charge is 0.263 e. The van der Waals surface area contributed by atoms with Crippen LogP contribution in [0.2, 0.25) is 10.0 Å². The third kappa shape index (κ3) is 4.35. The highest BCUT2D eigenvalue weighted by Gasteiger charge is 2.11. The van der Waals surface area contributed by atoms with Crippen molar-refractivity contribution in [1.82, 2.24) is 25.6 Å². The summed E-state index contributed by atoms with van der Waals surface area (Å²) >= 11 is 11.9. The number of amides is 1. The number of phenolic OH excluding ortho intramolecular Hbond substituents is 1. The van der Waals surface area contributed by atoms with E-state index < -0.39 is 5.91 Å². The maximum Gasteiger partial charge on any atom is 0.263 e. The minimum atomic E-state index is -0.467. The Morgan fingerprint density at radius 3 is 2.88 bits per heavy atom. The van der Waals surface area contributed by atoms with Gasteiger partial charge in [0.15, 0.2) is 0 Å². The molecule has 0 atom stereocenters. The van der Waals surface area contributed by atoms with Crippen molar-refractivity contribution in [3.05, 3.63) is 58.1 Å². The number of aromatic hydroxyl groups is 1. The van der Waals surface area contributed by atoms with Crippen LogP contribution in [0.5, 0.6) is 5.75 Å². The van der Waals surface area contributed by atoms with Crippen LogP contribution in [0.25, 0.3) is 11.4 Å². The number of tetrazole rings is 1. The third-order valence-corrected chi connectivity index (χ3v) is 3.80. The monoisotopic (exact) mass is 390 g/mol. The summed E-state index contributed by atoms with van der Waals surface area (Å²) in [7, 11) is 0. The molecule has 0 unspecified atom stereocenters. The molecule has 0 spiro atoms. The van der Waals surface area contributed by atoms with E-state index in [9.17, 15) is 9.90 Å². The molecule has 1 amide bonds. The molecule has 0 saturated heterocycles. The molecule has 132 valence electrons. The van der Waals surface area contributed by atoms with E-state index in [2.05, 4.69) is 25.9 Å². The summed E-state index contributed by atoms with van der Waals surface area (Å²) in [5.74, 6) is -0.156. The van der Waals surface area contributed by atoms with Gasteiger partial charge in [0.1, 0.15) is 12.3 Å². The standard InChI is InChI=1S/C16H12Cl2N6O2/c17-11-5-6-14(25)10(7-11)8-19-20-15(26)9-24-22-16(21-23-24)12-3-1-2-4-13(12)18/h1-8,25H,9H2,(H,20,26)/b19-8+. The van der Waals surface area contributed by atoms with Crippen molar-refractivity contribution in [1.29, 1.82) is 0 Å². The highest BCUT2D eigenvalue weighted by atomic mass is 35.5. The Labute approximate surface area is 158 Å². The second-order valence-corrected chi connectivity index (χ2v) is 5.96. The lowest BCUT2D eigenvalue weighted by Gasteiger charge is -2.00. The number of hydrogen-bond acceptors (Lipinski definition) is 6. The van der Waals surface area contributed by atoms with E-state index in [-0.39, 0.29) is 12.3 Å². The zero-order chi connectivity index (χ0) is 18.5. The fourth-order valence-electron chi connectivity index (χ4n) is 2.03. The second kappa shape index (κ2) is 7.94. The van der Waals surface area contributed by atoms with E-state index in [0.717, 1.165) is 4.80 Å². The number of carbonyl (C=O) groups is 1.